The molecule has 5 nitrogen and oxygen atoms in total. The van der Waals surface area contributed by atoms with Crippen LogP contribution in [0.25, 0.3) is 0 Å². The number of oxime groups is 1. The first kappa shape index (κ1) is 11.8. The van der Waals surface area contributed by atoms with Crippen molar-refractivity contribution < 1.29 is 5.21 Å². The van der Waals surface area contributed by atoms with Gasteiger partial charge < -0.3 is 10.9 Å². The Labute approximate surface area is 92.8 Å². The SMILES string of the molecule is CCCCSc1nccnc1C(N)=NO. The summed E-state index contributed by atoms with van der Waals surface area (Å²) in [5.41, 5.74) is 5.93. The molecular formula is C9H14N4OS. The first-order chi connectivity index (χ1) is 7.29. The molecule has 0 fully saturated rings. The second kappa shape index (κ2) is 6.23. The first-order valence-corrected chi connectivity index (χ1v) is 5.69. The van der Waals surface area contributed by atoms with Crippen molar-refractivity contribution in [2.45, 2.75) is 24.8 Å². The fraction of sp³-hybridized carbons (Fsp3) is 0.444. The lowest BCUT2D eigenvalue weighted by molar-refractivity contribution is 0.318. The average Bonchev–Trinajstić information content (AvgIpc) is 2.29. The summed E-state index contributed by atoms with van der Waals surface area (Å²) >= 11 is 1.57. The molecule has 82 valence electrons. The highest BCUT2D eigenvalue weighted by Crippen LogP contribution is 2.19. The van der Waals surface area contributed by atoms with Crippen molar-refractivity contribution in [3.8, 4) is 0 Å². The molecule has 0 bridgehead atoms. The zero-order valence-corrected chi connectivity index (χ0v) is 9.37. The zero-order valence-electron chi connectivity index (χ0n) is 8.55. The van der Waals surface area contributed by atoms with Crippen molar-refractivity contribution in [1.82, 2.24) is 9.97 Å². The van der Waals surface area contributed by atoms with Gasteiger partial charge in [-0.25, -0.2) is 9.97 Å². The van der Waals surface area contributed by atoms with Gasteiger partial charge >= 0.3 is 0 Å². The van der Waals surface area contributed by atoms with Gasteiger partial charge in [0.2, 0.25) is 0 Å². The van der Waals surface area contributed by atoms with Crippen LogP contribution >= 0.6 is 11.8 Å². The lowest BCUT2D eigenvalue weighted by Crippen LogP contribution is -2.16. The normalized spacial score (nSPS) is 11.7. The molecule has 6 heteroatoms. The van der Waals surface area contributed by atoms with Crippen molar-refractivity contribution in [3.05, 3.63) is 18.1 Å². The molecule has 3 N–H and O–H groups in total. The second-order valence-electron chi connectivity index (χ2n) is 2.90. The van der Waals surface area contributed by atoms with Crippen molar-refractivity contribution in [3.63, 3.8) is 0 Å². The van der Waals surface area contributed by atoms with Crippen LogP contribution in [0.3, 0.4) is 0 Å². The van der Waals surface area contributed by atoms with E-state index in [4.69, 9.17) is 10.9 Å². The number of hydrogen-bond acceptors (Lipinski definition) is 5. The summed E-state index contributed by atoms with van der Waals surface area (Å²) in [6.07, 6.45) is 5.36. The van der Waals surface area contributed by atoms with Gasteiger partial charge in [-0.2, -0.15) is 0 Å². The maximum Gasteiger partial charge on any atom is 0.191 e. The molecule has 0 aliphatic carbocycles. The highest BCUT2D eigenvalue weighted by Gasteiger charge is 2.09. The van der Waals surface area contributed by atoms with Crippen LogP contribution < -0.4 is 5.73 Å². The number of unbranched alkanes of at least 4 members (excludes halogenated alkanes) is 1. The smallest absolute Gasteiger partial charge is 0.191 e. The third-order valence-electron chi connectivity index (χ3n) is 1.75. The van der Waals surface area contributed by atoms with Crippen LogP contribution in [-0.4, -0.2) is 26.8 Å². The lowest BCUT2D eigenvalue weighted by atomic mass is 10.4. The summed E-state index contributed by atoms with van der Waals surface area (Å²) in [6, 6.07) is 0. The molecule has 1 aromatic rings. The highest BCUT2D eigenvalue weighted by molar-refractivity contribution is 7.99. The van der Waals surface area contributed by atoms with E-state index in [9.17, 15) is 0 Å². The van der Waals surface area contributed by atoms with E-state index < -0.39 is 0 Å². The highest BCUT2D eigenvalue weighted by atomic mass is 32.2. The summed E-state index contributed by atoms with van der Waals surface area (Å²) in [4.78, 5) is 8.18. The van der Waals surface area contributed by atoms with Crippen LogP contribution in [0.15, 0.2) is 22.6 Å². The van der Waals surface area contributed by atoms with Crippen molar-refractivity contribution in [1.29, 1.82) is 0 Å². The molecule has 0 radical (unpaired) electrons. The summed E-state index contributed by atoms with van der Waals surface area (Å²) < 4.78 is 0. The fourth-order valence-corrected chi connectivity index (χ4v) is 2.02. The molecule has 0 aliphatic heterocycles. The van der Waals surface area contributed by atoms with Gasteiger partial charge in [-0.15, -0.1) is 11.8 Å². The number of aromatic nitrogens is 2. The minimum Gasteiger partial charge on any atom is -0.409 e. The summed E-state index contributed by atoms with van der Waals surface area (Å²) in [7, 11) is 0. The van der Waals surface area contributed by atoms with Crippen LogP contribution in [-0.2, 0) is 0 Å². The molecule has 0 amide bonds. The third kappa shape index (κ3) is 3.39. The summed E-state index contributed by atoms with van der Waals surface area (Å²) in [5.74, 6) is 0.961. The Bertz CT molecular complexity index is 343. The standard InChI is InChI=1S/C9H14N4OS/c1-2-3-6-15-9-7(8(10)13-14)11-4-5-12-9/h4-5,14H,2-3,6H2,1H3,(H2,10,13). The van der Waals surface area contributed by atoms with E-state index in [1.165, 1.54) is 6.20 Å². The minimum absolute atomic E-state index is 0.00194. The Hall–Kier alpha value is -1.30. The number of hydrogen-bond donors (Lipinski definition) is 2. The molecule has 0 saturated heterocycles. The van der Waals surface area contributed by atoms with E-state index in [2.05, 4.69) is 22.0 Å². The van der Waals surface area contributed by atoms with E-state index in [-0.39, 0.29) is 5.84 Å². The van der Waals surface area contributed by atoms with Gasteiger partial charge in [-0.1, -0.05) is 18.5 Å². The Kier molecular flexibility index (Phi) is 4.89. The van der Waals surface area contributed by atoms with E-state index in [1.807, 2.05) is 0 Å². The second-order valence-corrected chi connectivity index (χ2v) is 3.98. The van der Waals surface area contributed by atoms with Crippen molar-refractivity contribution in [2.75, 3.05) is 5.75 Å². The molecule has 0 unspecified atom stereocenters. The van der Waals surface area contributed by atoms with Gasteiger partial charge in [0.05, 0.1) is 0 Å². The van der Waals surface area contributed by atoms with E-state index >= 15 is 0 Å². The van der Waals surface area contributed by atoms with E-state index in [0.717, 1.165) is 18.6 Å². The van der Waals surface area contributed by atoms with Gasteiger partial charge in [0, 0.05) is 12.4 Å². The Morgan fingerprint density at radius 3 is 2.93 bits per heavy atom. The monoisotopic (exact) mass is 226 g/mol. The van der Waals surface area contributed by atoms with Crippen LogP contribution in [0, 0.1) is 0 Å². The van der Waals surface area contributed by atoms with Gasteiger partial charge in [-0.05, 0) is 12.2 Å². The van der Waals surface area contributed by atoms with Crippen LogP contribution in [0.4, 0.5) is 0 Å². The predicted octanol–water partition coefficient (Wildman–Crippen LogP) is 1.46. The van der Waals surface area contributed by atoms with Crippen LogP contribution in [0.2, 0.25) is 0 Å². The Morgan fingerprint density at radius 1 is 1.53 bits per heavy atom. The zero-order chi connectivity index (χ0) is 11.1. The van der Waals surface area contributed by atoms with Gasteiger partial charge in [-0.3, -0.25) is 0 Å². The van der Waals surface area contributed by atoms with Crippen molar-refractivity contribution >= 4 is 17.6 Å². The van der Waals surface area contributed by atoms with Gasteiger partial charge in [0.25, 0.3) is 0 Å². The molecule has 0 aliphatic rings. The number of amidine groups is 1. The lowest BCUT2D eigenvalue weighted by Gasteiger charge is -2.04. The van der Waals surface area contributed by atoms with E-state index in [1.54, 1.807) is 18.0 Å². The van der Waals surface area contributed by atoms with Gasteiger partial charge in [0.15, 0.2) is 5.84 Å². The molecule has 1 rings (SSSR count). The number of nitrogens with two attached hydrogens (primary N) is 1. The average molecular weight is 226 g/mol. The largest absolute Gasteiger partial charge is 0.409 e. The van der Waals surface area contributed by atoms with Gasteiger partial charge in [0.1, 0.15) is 10.7 Å². The Balaban J connectivity index is 2.77. The molecule has 15 heavy (non-hydrogen) atoms. The number of thioether (sulfide) groups is 1. The number of nitrogens with zero attached hydrogens (tertiary/aromatic N) is 3. The molecule has 0 saturated carbocycles. The minimum atomic E-state index is 0.00194. The maximum absolute atomic E-state index is 8.57. The molecular weight excluding hydrogens is 212 g/mol. The predicted molar refractivity (Wildman–Crippen MR) is 60.2 cm³/mol. The fourth-order valence-electron chi connectivity index (χ4n) is 0.967. The molecule has 1 aromatic heterocycles. The van der Waals surface area contributed by atoms with Crippen LogP contribution in [0.5, 0.6) is 0 Å². The molecule has 0 atom stereocenters. The maximum atomic E-state index is 8.57. The summed E-state index contributed by atoms with van der Waals surface area (Å²) in [5, 5.41) is 12.2. The molecule has 0 spiro atoms. The number of rotatable bonds is 5. The summed E-state index contributed by atoms with van der Waals surface area (Å²) in [6.45, 7) is 2.13. The Morgan fingerprint density at radius 2 is 2.27 bits per heavy atom. The quantitative estimate of drug-likeness (QED) is 0.198. The topological polar surface area (TPSA) is 84.4 Å². The van der Waals surface area contributed by atoms with E-state index in [0.29, 0.717) is 10.7 Å². The third-order valence-corrected chi connectivity index (χ3v) is 2.82. The van der Waals surface area contributed by atoms with Crippen LogP contribution in [0.1, 0.15) is 25.5 Å². The van der Waals surface area contributed by atoms with Crippen molar-refractivity contribution in [2.24, 2.45) is 10.9 Å². The molecule has 1 heterocycles. The first-order valence-electron chi connectivity index (χ1n) is 4.71. The molecule has 0 aromatic carbocycles.